The van der Waals surface area contributed by atoms with Crippen molar-refractivity contribution in [2.75, 3.05) is 0 Å². The van der Waals surface area contributed by atoms with E-state index in [1.165, 1.54) is 25.3 Å². The molecule has 0 unspecified atom stereocenters. The third-order valence-corrected chi connectivity index (χ3v) is 2.36. The zero-order chi connectivity index (χ0) is 10.4. The molecule has 0 aromatic heterocycles. The molecule has 0 aliphatic carbocycles. The van der Waals surface area contributed by atoms with Crippen molar-refractivity contribution in [2.24, 2.45) is 0 Å². The van der Waals surface area contributed by atoms with Crippen molar-refractivity contribution >= 4 is 0 Å². The summed E-state index contributed by atoms with van der Waals surface area (Å²) < 4.78 is 0. The quantitative estimate of drug-likeness (QED) is 0.558. The van der Waals surface area contributed by atoms with Gasteiger partial charge in [0.15, 0.2) is 0 Å². The van der Waals surface area contributed by atoms with E-state index in [0.717, 1.165) is 18.4 Å². The van der Waals surface area contributed by atoms with Crippen molar-refractivity contribution in [2.45, 2.75) is 39.0 Å². The lowest BCUT2D eigenvalue weighted by molar-refractivity contribution is 0.452. The van der Waals surface area contributed by atoms with Crippen LogP contribution in [0.5, 0.6) is 11.5 Å². The summed E-state index contributed by atoms with van der Waals surface area (Å²) in [7, 11) is 0. The third-order valence-electron chi connectivity index (χ3n) is 2.36. The van der Waals surface area contributed by atoms with Crippen LogP contribution in [0.1, 0.15) is 38.2 Å². The molecule has 0 bridgehead atoms. The zero-order valence-electron chi connectivity index (χ0n) is 8.66. The van der Waals surface area contributed by atoms with Crippen LogP contribution >= 0.6 is 0 Å². The zero-order valence-corrected chi connectivity index (χ0v) is 8.66. The molecule has 1 aromatic carbocycles. The van der Waals surface area contributed by atoms with Crippen LogP contribution in [0, 0.1) is 0 Å². The average molecular weight is 194 g/mol. The van der Waals surface area contributed by atoms with Crippen LogP contribution in [0.2, 0.25) is 0 Å². The molecule has 0 aliphatic heterocycles. The molecule has 0 atom stereocenters. The van der Waals surface area contributed by atoms with E-state index in [-0.39, 0.29) is 5.75 Å². The summed E-state index contributed by atoms with van der Waals surface area (Å²) in [6, 6.07) is 4.69. The van der Waals surface area contributed by atoms with E-state index < -0.39 is 0 Å². The smallest absolute Gasteiger partial charge is 0.119 e. The number of benzene rings is 1. The van der Waals surface area contributed by atoms with E-state index in [9.17, 15) is 10.2 Å². The molecule has 1 rings (SSSR count). The first-order valence-electron chi connectivity index (χ1n) is 5.25. The standard InChI is InChI=1S/C12H18O2/c1-2-3-4-5-6-10-9-11(13)7-8-12(10)14/h7-9,13-14H,2-6H2,1H3. The molecule has 0 saturated carbocycles. The van der Waals surface area contributed by atoms with Gasteiger partial charge in [-0.25, -0.2) is 0 Å². The van der Waals surface area contributed by atoms with Gasteiger partial charge in [0.1, 0.15) is 11.5 Å². The second-order valence-corrected chi connectivity index (χ2v) is 3.62. The predicted molar refractivity (Wildman–Crippen MR) is 57.6 cm³/mol. The molecule has 0 fully saturated rings. The summed E-state index contributed by atoms with van der Waals surface area (Å²) in [6.45, 7) is 2.17. The molecule has 2 N–H and O–H groups in total. The van der Waals surface area contributed by atoms with Gasteiger partial charge >= 0.3 is 0 Å². The first-order chi connectivity index (χ1) is 6.74. The molecule has 1 aromatic rings. The van der Waals surface area contributed by atoms with Crippen LogP contribution in [0.25, 0.3) is 0 Å². The lowest BCUT2D eigenvalue weighted by Crippen LogP contribution is -1.86. The minimum Gasteiger partial charge on any atom is -0.508 e. The van der Waals surface area contributed by atoms with E-state index in [1.54, 1.807) is 12.1 Å². The number of phenols is 2. The number of rotatable bonds is 5. The van der Waals surface area contributed by atoms with Crippen molar-refractivity contribution in [3.8, 4) is 11.5 Å². The van der Waals surface area contributed by atoms with Gasteiger partial charge in [0.05, 0.1) is 0 Å². The number of hydrogen-bond acceptors (Lipinski definition) is 2. The maximum Gasteiger partial charge on any atom is 0.119 e. The van der Waals surface area contributed by atoms with Crippen LogP contribution < -0.4 is 0 Å². The Hall–Kier alpha value is -1.18. The van der Waals surface area contributed by atoms with Gasteiger partial charge in [-0.15, -0.1) is 0 Å². The minimum absolute atomic E-state index is 0.230. The first kappa shape index (κ1) is 10.9. The highest BCUT2D eigenvalue weighted by atomic mass is 16.3. The average Bonchev–Trinajstić information content (AvgIpc) is 2.18. The molecular formula is C12H18O2. The highest BCUT2D eigenvalue weighted by Gasteiger charge is 2.01. The van der Waals surface area contributed by atoms with Crippen LogP contribution in [-0.2, 0) is 6.42 Å². The molecule has 0 saturated heterocycles. The molecule has 0 aliphatic rings. The van der Waals surface area contributed by atoms with Crippen molar-refractivity contribution in [3.63, 3.8) is 0 Å². The molecule has 2 nitrogen and oxygen atoms in total. The summed E-state index contributed by atoms with van der Waals surface area (Å²) in [4.78, 5) is 0. The molecule has 0 spiro atoms. The Bertz CT molecular complexity index is 282. The Morgan fingerprint density at radius 2 is 1.86 bits per heavy atom. The molecule has 0 radical (unpaired) electrons. The Morgan fingerprint density at radius 3 is 2.57 bits per heavy atom. The van der Waals surface area contributed by atoms with Gasteiger partial charge in [-0.2, -0.15) is 0 Å². The molecule has 78 valence electrons. The Labute approximate surface area is 85.2 Å². The topological polar surface area (TPSA) is 40.5 Å². The minimum atomic E-state index is 0.230. The molecule has 14 heavy (non-hydrogen) atoms. The number of aryl methyl sites for hydroxylation is 1. The fourth-order valence-corrected chi connectivity index (χ4v) is 1.51. The summed E-state index contributed by atoms with van der Waals surface area (Å²) >= 11 is 0. The lowest BCUT2D eigenvalue weighted by atomic mass is 10.1. The van der Waals surface area contributed by atoms with Gasteiger partial charge in [0.25, 0.3) is 0 Å². The molecule has 0 amide bonds. The van der Waals surface area contributed by atoms with Crippen LogP contribution in [-0.4, -0.2) is 10.2 Å². The second kappa shape index (κ2) is 5.53. The van der Waals surface area contributed by atoms with E-state index >= 15 is 0 Å². The van der Waals surface area contributed by atoms with Crippen LogP contribution in [0.15, 0.2) is 18.2 Å². The normalized spacial score (nSPS) is 10.4. The van der Waals surface area contributed by atoms with Gasteiger partial charge in [-0.3, -0.25) is 0 Å². The fraction of sp³-hybridized carbons (Fsp3) is 0.500. The van der Waals surface area contributed by atoms with E-state index in [0.29, 0.717) is 5.75 Å². The van der Waals surface area contributed by atoms with Crippen molar-refractivity contribution in [1.29, 1.82) is 0 Å². The Morgan fingerprint density at radius 1 is 1.07 bits per heavy atom. The van der Waals surface area contributed by atoms with Crippen molar-refractivity contribution < 1.29 is 10.2 Å². The Kier molecular flexibility index (Phi) is 4.30. The SMILES string of the molecule is CCCCCCc1cc(O)ccc1O. The molecular weight excluding hydrogens is 176 g/mol. The van der Waals surface area contributed by atoms with Gasteiger partial charge in [0.2, 0.25) is 0 Å². The largest absolute Gasteiger partial charge is 0.508 e. The number of hydrogen-bond donors (Lipinski definition) is 2. The van der Waals surface area contributed by atoms with Crippen molar-refractivity contribution in [1.82, 2.24) is 0 Å². The van der Waals surface area contributed by atoms with E-state index in [1.807, 2.05) is 0 Å². The fourth-order valence-electron chi connectivity index (χ4n) is 1.51. The number of unbranched alkanes of at least 4 members (excludes halogenated alkanes) is 3. The first-order valence-corrected chi connectivity index (χ1v) is 5.25. The van der Waals surface area contributed by atoms with Gasteiger partial charge in [-0.05, 0) is 36.6 Å². The summed E-state index contributed by atoms with van der Waals surface area (Å²) in [6.07, 6.45) is 5.56. The van der Waals surface area contributed by atoms with E-state index in [4.69, 9.17) is 0 Å². The Balaban J connectivity index is 2.45. The van der Waals surface area contributed by atoms with Crippen molar-refractivity contribution in [3.05, 3.63) is 23.8 Å². The lowest BCUT2D eigenvalue weighted by Gasteiger charge is -2.04. The van der Waals surface area contributed by atoms with Crippen LogP contribution in [0.4, 0.5) is 0 Å². The second-order valence-electron chi connectivity index (χ2n) is 3.62. The maximum absolute atomic E-state index is 9.48. The van der Waals surface area contributed by atoms with Crippen LogP contribution in [0.3, 0.4) is 0 Å². The predicted octanol–water partition coefficient (Wildman–Crippen LogP) is 3.22. The summed E-state index contributed by atoms with van der Waals surface area (Å²) in [5.74, 6) is 0.521. The van der Waals surface area contributed by atoms with E-state index in [2.05, 4.69) is 6.92 Å². The summed E-state index contributed by atoms with van der Waals surface area (Å²) in [5.41, 5.74) is 0.848. The van der Waals surface area contributed by atoms with Gasteiger partial charge in [-0.1, -0.05) is 26.2 Å². The highest BCUT2D eigenvalue weighted by molar-refractivity contribution is 5.38. The number of phenolic OH excluding ortho intramolecular Hbond substituents is 2. The third kappa shape index (κ3) is 3.29. The van der Waals surface area contributed by atoms with Gasteiger partial charge < -0.3 is 10.2 Å². The summed E-state index contributed by atoms with van der Waals surface area (Å²) in [5, 5.41) is 18.7. The van der Waals surface area contributed by atoms with Gasteiger partial charge in [0, 0.05) is 0 Å². The maximum atomic E-state index is 9.48. The highest BCUT2D eigenvalue weighted by Crippen LogP contribution is 2.23. The monoisotopic (exact) mass is 194 g/mol. The molecule has 0 heterocycles. The number of aromatic hydroxyl groups is 2. The molecule has 2 heteroatoms.